The first kappa shape index (κ1) is 14.2. The third-order valence-corrected chi connectivity index (χ3v) is 4.78. The van der Waals surface area contributed by atoms with E-state index in [2.05, 4.69) is 11.4 Å². The first-order valence-electron chi connectivity index (χ1n) is 6.71. The van der Waals surface area contributed by atoms with Gasteiger partial charge in [0.05, 0.1) is 6.04 Å². The van der Waals surface area contributed by atoms with Gasteiger partial charge in [0.15, 0.2) is 0 Å². The van der Waals surface area contributed by atoms with Gasteiger partial charge in [0.25, 0.3) is 0 Å². The van der Waals surface area contributed by atoms with E-state index >= 15 is 0 Å². The number of halogens is 2. The van der Waals surface area contributed by atoms with Crippen LogP contribution in [0.15, 0.2) is 42.5 Å². The van der Waals surface area contributed by atoms with E-state index in [9.17, 15) is 8.78 Å². The molecule has 3 aromatic rings. The smallest absolute Gasteiger partial charge is 0.124 e. The van der Waals surface area contributed by atoms with Gasteiger partial charge in [0, 0.05) is 9.58 Å². The van der Waals surface area contributed by atoms with E-state index in [1.165, 1.54) is 18.2 Å². The van der Waals surface area contributed by atoms with Gasteiger partial charge in [-0.25, -0.2) is 8.78 Å². The van der Waals surface area contributed by atoms with Crippen molar-refractivity contribution in [1.29, 1.82) is 0 Å². The minimum Gasteiger partial charge on any atom is -0.309 e. The van der Waals surface area contributed by atoms with Gasteiger partial charge in [-0.15, -0.1) is 11.3 Å². The van der Waals surface area contributed by atoms with Crippen LogP contribution in [0.25, 0.3) is 10.1 Å². The summed E-state index contributed by atoms with van der Waals surface area (Å²) < 4.78 is 27.5. The fourth-order valence-electron chi connectivity index (χ4n) is 2.58. The van der Waals surface area contributed by atoms with Crippen molar-refractivity contribution in [2.45, 2.75) is 13.0 Å². The lowest BCUT2D eigenvalue weighted by atomic mass is 9.99. The van der Waals surface area contributed by atoms with E-state index in [-0.39, 0.29) is 17.7 Å². The molecule has 0 bridgehead atoms. The van der Waals surface area contributed by atoms with Crippen molar-refractivity contribution >= 4 is 21.4 Å². The first-order valence-corrected chi connectivity index (χ1v) is 7.52. The van der Waals surface area contributed by atoms with Gasteiger partial charge in [0.2, 0.25) is 0 Å². The number of aryl methyl sites for hydroxylation is 1. The van der Waals surface area contributed by atoms with E-state index in [0.717, 1.165) is 26.1 Å². The quantitative estimate of drug-likeness (QED) is 0.733. The Morgan fingerprint density at radius 3 is 2.43 bits per heavy atom. The van der Waals surface area contributed by atoms with E-state index in [1.54, 1.807) is 29.5 Å². The van der Waals surface area contributed by atoms with Crippen molar-refractivity contribution in [3.8, 4) is 0 Å². The van der Waals surface area contributed by atoms with Gasteiger partial charge < -0.3 is 5.32 Å². The molecule has 21 heavy (non-hydrogen) atoms. The fourth-order valence-corrected chi connectivity index (χ4v) is 3.80. The second-order valence-corrected chi connectivity index (χ2v) is 6.17. The largest absolute Gasteiger partial charge is 0.309 e. The fraction of sp³-hybridized carbons (Fsp3) is 0.176. The number of rotatable bonds is 3. The lowest BCUT2D eigenvalue weighted by Crippen LogP contribution is -2.17. The van der Waals surface area contributed by atoms with E-state index in [4.69, 9.17) is 0 Å². The topological polar surface area (TPSA) is 12.0 Å². The molecule has 0 saturated heterocycles. The van der Waals surface area contributed by atoms with Crippen molar-refractivity contribution in [3.05, 3.63) is 70.1 Å². The summed E-state index contributed by atoms with van der Waals surface area (Å²) in [6.07, 6.45) is 0. The van der Waals surface area contributed by atoms with E-state index in [1.807, 2.05) is 14.0 Å². The molecule has 1 atom stereocenters. The van der Waals surface area contributed by atoms with Crippen molar-refractivity contribution in [2.24, 2.45) is 0 Å². The Kier molecular flexibility index (Phi) is 3.74. The number of hydrogen-bond acceptors (Lipinski definition) is 2. The molecule has 0 saturated carbocycles. The van der Waals surface area contributed by atoms with Crippen LogP contribution in [0.2, 0.25) is 0 Å². The standard InChI is InChI=1S/C17H15F2NS/c1-10-7-12(18)5-6-14(10)17(20-2)16-8-11-3-4-13(19)9-15(11)21-16/h3-9,17,20H,1-2H3. The first-order chi connectivity index (χ1) is 10.1. The number of thiophene rings is 1. The van der Waals surface area contributed by atoms with Crippen molar-refractivity contribution in [1.82, 2.24) is 5.32 Å². The highest BCUT2D eigenvalue weighted by Crippen LogP contribution is 2.34. The number of benzene rings is 2. The van der Waals surface area contributed by atoms with Crippen LogP contribution in [0, 0.1) is 18.6 Å². The molecule has 3 rings (SSSR count). The number of fused-ring (bicyclic) bond motifs is 1. The summed E-state index contributed by atoms with van der Waals surface area (Å²) in [5.41, 5.74) is 1.93. The molecule has 2 aromatic carbocycles. The highest BCUT2D eigenvalue weighted by atomic mass is 32.1. The lowest BCUT2D eigenvalue weighted by Gasteiger charge is -2.17. The molecule has 0 fully saturated rings. The summed E-state index contributed by atoms with van der Waals surface area (Å²) in [7, 11) is 1.87. The molecule has 4 heteroatoms. The molecule has 0 radical (unpaired) electrons. The predicted molar refractivity (Wildman–Crippen MR) is 83.8 cm³/mol. The minimum absolute atomic E-state index is 0.0222. The second kappa shape index (κ2) is 5.54. The summed E-state index contributed by atoms with van der Waals surface area (Å²) in [4.78, 5) is 1.09. The molecule has 0 aliphatic heterocycles. The van der Waals surface area contributed by atoms with Crippen LogP contribution in [-0.2, 0) is 0 Å². The Bertz CT molecular complexity index is 795. The zero-order chi connectivity index (χ0) is 15.0. The molecular formula is C17H15F2NS. The Hall–Kier alpha value is -1.78. The maximum atomic E-state index is 13.3. The molecule has 0 spiro atoms. The molecule has 0 aliphatic rings. The average molecular weight is 303 g/mol. The molecular weight excluding hydrogens is 288 g/mol. The molecule has 1 nitrogen and oxygen atoms in total. The second-order valence-electron chi connectivity index (χ2n) is 5.05. The highest BCUT2D eigenvalue weighted by molar-refractivity contribution is 7.19. The molecule has 1 heterocycles. The van der Waals surface area contributed by atoms with Gasteiger partial charge >= 0.3 is 0 Å². The maximum absolute atomic E-state index is 13.3. The number of hydrogen-bond donors (Lipinski definition) is 1. The van der Waals surface area contributed by atoms with Crippen LogP contribution in [0.4, 0.5) is 8.78 Å². The molecule has 0 aliphatic carbocycles. The van der Waals surface area contributed by atoms with Crippen LogP contribution < -0.4 is 5.32 Å². The Balaban J connectivity index is 2.09. The summed E-state index contributed by atoms with van der Waals surface area (Å²) >= 11 is 1.56. The van der Waals surface area contributed by atoms with Crippen molar-refractivity contribution < 1.29 is 8.78 Å². The molecule has 0 amide bonds. The van der Waals surface area contributed by atoms with Crippen molar-refractivity contribution in [3.63, 3.8) is 0 Å². The zero-order valence-electron chi connectivity index (χ0n) is 11.8. The summed E-state index contributed by atoms with van der Waals surface area (Å²) in [6, 6.07) is 11.6. The monoisotopic (exact) mass is 303 g/mol. The minimum atomic E-state index is -0.232. The molecule has 1 N–H and O–H groups in total. The average Bonchev–Trinajstić information content (AvgIpc) is 2.84. The highest BCUT2D eigenvalue weighted by Gasteiger charge is 2.17. The van der Waals surface area contributed by atoms with Gasteiger partial charge in [-0.3, -0.25) is 0 Å². The summed E-state index contributed by atoms with van der Waals surface area (Å²) in [5, 5.41) is 4.29. The summed E-state index contributed by atoms with van der Waals surface area (Å²) in [5.74, 6) is -0.459. The van der Waals surface area contributed by atoms with E-state index < -0.39 is 0 Å². The summed E-state index contributed by atoms with van der Waals surface area (Å²) in [6.45, 7) is 1.90. The van der Waals surface area contributed by atoms with Crippen LogP contribution in [0.3, 0.4) is 0 Å². The Morgan fingerprint density at radius 2 is 1.71 bits per heavy atom. The van der Waals surface area contributed by atoms with Gasteiger partial charge in [0.1, 0.15) is 11.6 Å². The Morgan fingerprint density at radius 1 is 1.00 bits per heavy atom. The van der Waals surface area contributed by atoms with E-state index in [0.29, 0.717) is 0 Å². The lowest BCUT2D eigenvalue weighted by molar-refractivity contribution is 0.622. The molecule has 1 aromatic heterocycles. The van der Waals surface area contributed by atoms with Gasteiger partial charge in [-0.1, -0.05) is 12.1 Å². The van der Waals surface area contributed by atoms with Crippen LogP contribution in [0.5, 0.6) is 0 Å². The molecule has 108 valence electrons. The van der Waals surface area contributed by atoms with Crippen LogP contribution >= 0.6 is 11.3 Å². The van der Waals surface area contributed by atoms with Crippen LogP contribution in [0.1, 0.15) is 22.0 Å². The molecule has 1 unspecified atom stereocenters. The SMILES string of the molecule is CNC(c1cc2ccc(F)cc2s1)c1ccc(F)cc1C. The normalized spacial score (nSPS) is 12.8. The number of nitrogens with one attached hydrogen (secondary N) is 1. The zero-order valence-corrected chi connectivity index (χ0v) is 12.6. The Labute approximate surface area is 126 Å². The predicted octanol–water partition coefficient (Wildman–Crippen LogP) is 4.80. The maximum Gasteiger partial charge on any atom is 0.124 e. The van der Waals surface area contributed by atoms with Gasteiger partial charge in [-0.2, -0.15) is 0 Å². The third kappa shape index (κ3) is 2.69. The van der Waals surface area contributed by atoms with Gasteiger partial charge in [-0.05, 0) is 60.8 Å². The van der Waals surface area contributed by atoms with Crippen LogP contribution in [-0.4, -0.2) is 7.05 Å². The third-order valence-electron chi connectivity index (χ3n) is 3.62. The van der Waals surface area contributed by atoms with Crippen molar-refractivity contribution in [2.75, 3.05) is 7.05 Å².